The van der Waals surface area contributed by atoms with Crippen molar-refractivity contribution < 1.29 is 4.92 Å². The number of aromatic nitrogens is 2. The molecule has 0 amide bonds. The van der Waals surface area contributed by atoms with Crippen LogP contribution in [0.3, 0.4) is 0 Å². The van der Waals surface area contributed by atoms with Gasteiger partial charge in [0.1, 0.15) is 11.5 Å². The van der Waals surface area contributed by atoms with Crippen molar-refractivity contribution in [3.63, 3.8) is 0 Å². The lowest BCUT2D eigenvalue weighted by atomic mass is 10.0. The molecule has 0 unspecified atom stereocenters. The molecular formula is C15H18N6O2. The van der Waals surface area contributed by atoms with Crippen LogP contribution >= 0.6 is 0 Å². The van der Waals surface area contributed by atoms with Crippen molar-refractivity contribution in [2.24, 2.45) is 0 Å². The van der Waals surface area contributed by atoms with Gasteiger partial charge in [-0.3, -0.25) is 10.1 Å². The van der Waals surface area contributed by atoms with Gasteiger partial charge in [0, 0.05) is 30.9 Å². The van der Waals surface area contributed by atoms with Crippen LogP contribution in [0.25, 0.3) is 11.1 Å². The summed E-state index contributed by atoms with van der Waals surface area (Å²) < 4.78 is 0. The predicted molar refractivity (Wildman–Crippen MR) is 89.0 cm³/mol. The first-order chi connectivity index (χ1) is 11.1. The van der Waals surface area contributed by atoms with Gasteiger partial charge in [0.2, 0.25) is 5.95 Å². The van der Waals surface area contributed by atoms with E-state index in [1.165, 1.54) is 18.7 Å². The van der Waals surface area contributed by atoms with Crippen LogP contribution in [-0.4, -0.2) is 28.0 Å². The van der Waals surface area contributed by atoms with Crippen LogP contribution in [0.4, 0.5) is 23.1 Å². The maximum Gasteiger partial charge on any atom is 0.293 e. The number of piperidine rings is 1. The Morgan fingerprint density at radius 1 is 1.17 bits per heavy atom. The fourth-order valence-corrected chi connectivity index (χ4v) is 2.87. The van der Waals surface area contributed by atoms with Crippen LogP contribution < -0.4 is 16.4 Å². The first kappa shape index (κ1) is 15.0. The zero-order valence-electron chi connectivity index (χ0n) is 12.6. The number of nitro benzene ring substituents is 1. The van der Waals surface area contributed by atoms with E-state index in [0.717, 1.165) is 25.9 Å². The van der Waals surface area contributed by atoms with Gasteiger partial charge in [-0.15, -0.1) is 0 Å². The number of hydrogen-bond donors (Lipinski definition) is 2. The molecule has 0 radical (unpaired) electrons. The molecule has 8 heteroatoms. The summed E-state index contributed by atoms with van der Waals surface area (Å²) in [4.78, 5) is 21.0. The number of nitro groups is 1. The summed E-state index contributed by atoms with van der Waals surface area (Å²) >= 11 is 0. The lowest BCUT2D eigenvalue weighted by Crippen LogP contribution is -2.29. The van der Waals surface area contributed by atoms with Gasteiger partial charge in [0.25, 0.3) is 5.69 Å². The van der Waals surface area contributed by atoms with Gasteiger partial charge in [0.15, 0.2) is 0 Å². The highest BCUT2D eigenvalue weighted by Crippen LogP contribution is 2.35. The highest BCUT2D eigenvalue weighted by Gasteiger charge is 2.22. The smallest absolute Gasteiger partial charge is 0.293 e. The molecule has 1 fully saturated rings. The van der Waals surface area contributed by atoms with E-state index in [4.69, 9.17) is 11.5 Å². The Kier molecular flexibility index (Phi) is 3.96. The minimum atomic E-state index is -0.359. The standard InChI is InChI=1S/C15H18N6O2/c16-14-11(9-18-15(17)19-14)10-4-5-12(13(8-10)21(22)23)20-6-2-1-3-7-20/h4-5,8-9H,1-3,6-7H2,(H4,16,17,18,19). The van der Waals surface area contributed by atoms with Gasteiger partial charge in [-0.2, -0.15) is 4.98 Å². The van der Waals surface area contributed by atoms with Gasteiger partial charge >= 0.3 is 0 Å². The Balaban J connectivity index is 2.04. The van der Waals surface area contributed by atoms with Gasteiger partial charge in [0.05, 0.1) is 4.92 Å². The van der Waals surface area contributed by atoms with Gasteiger partial charge in [-0.05, 0) is 30.9 Å². The lowest BCUT2D eigenvalue weighted by molar-refractivity contribution is -0.384. The van der Waals surface area contributed by atoms with Crippen molar-refractivity contribution in [1.82, 2.24) is 9.97 Å². The summed E-state index contributed by atoms with van der Waals surface area (Å²) in [5.74, 6) is 0.281. The summed E-state index contributed by atoms with van der Waals surface area (Å²) in [6.45, 7) is 1.68. The highest BCUT2D eigenvalue weighted by molar-refractivity contribution is 5.79. The Labute approximate surface area is 133 Å². The summed E-state index contributed by atoms with van der Waals surface area (Å²) in [6, 6.07) is 5.10. The minimum Gasteiger partial charge on any atom is -0.383 e. The molecule has 1 aromatic heterocycles. The lowest BCUT2D eigenvalue weighted by Gasteiger charge is -2.28. The average molecular weight is 314 g/mol. The Morgan fingerprint density at radius 3 is 2.57 bits per heavy atom. The van der Waals surface area contributed by atoms with Gasteiger partial charge in [-0.1, -0.05) is 6.07 Å². The van der Waals surface area contributed by atoms with Gasteiger partial charge in [-0.25, -0.2) is 4.98 Å². The Hall–Kier alpha value is -2.90. The number of rotatable bonds is 3. The van der Waals surface area contributed by atoms with Crippen molar-refractivity contribution in [2.75, 3.05) is 29.5 Å². The summed E-state index contributed by atoms with van der Waals surface area (Å²) in [7, 11) is 0. The molecule has 1 saturated heterocycles. The third-order valence-corrected chi connectivity index (χ3v) is 4.02. The molecule has 8 nitrogen and oxygen atoms in total. The Bertz CT molecular complexity index is 743. The van der Waals surface area contributed by atoms with Gasteiger partial charge < -0.3 is 16.4 Å². The van der Waals surface area contributed by atoms with Crippen LogP contribution in [0.5, 0.6) is 0 Å². The second-order valence-corrected chi connectivity index (χ2v) is 5.54. The maximum absolute atomic E-state index is 11.5. The Morgan fingerprint density at radius 2 is 1.91 bits per heavy atom. The van der Waals surface area contributed by atoms with Crippen molar-refractivity contribution in [3.8, 4) is 11.1 Å². The number of anilines is 3. The van der Waals surface area contributed by atoms with Crippen molar-refractivity contribution in [3.05, 3.63) is 34.5 Å². The number of nitrogens with two attached hydrogens (primary N) is 2. The molecule has 0 spiro atoms. The van der Waals surface area contributed by atoms with E-state index in [1.807, 2.05) is 6.07 Å². The zero-order valence-corrected chi connectivity index (χ0v) is 12.6. The molecule has 4 N–H and O–H groups in total. The van der Waals surface area contributed by atoms with E-state index >= 15 is 0 Å². The second-order valence-electron chi connectivity index (χ2n) is 5.54. The molecule has 1 aromatic carbocycles. The third-order valence-electron chi connectivity index (χ3n) is 4.02. The molecule has 0 bridgehead atoms. The number of nitrogens with zero attached hydrogens (tertiary/aromatic N) is 4. The number of hydrogen-bond acceptors (Lipinski definition) is 7. The summed E-state index contributed by atoms with van der Waals surface area (Å²) in [6.07, 6.45) is 4.76. The minimum absolute atomic E-state index is 0.0700. The fourth-order valence-electron chi connectivity index (χ4n) is 2.87. The largest absolute Gasteiger partial charge is 0.383 e. The van der Waals surface area contributed by atoms with Crippen LogP contribution in [0.15, 0.2) is 24.4 Å². The van der Waals surface area contributed by atoms with E-state index < -0.39 is 0 Å². The van der Waals surface area contributed by atoms with E-state index in [-0.39, 0.29) is 22.4 Å². The van der Waals surface area contributed by atoms with Crippen LogP contribution in [0.1, 0.15) is 19.3 Å². The van der Waals surface area contributed by atoms with E-state index in [0.29, 0.717) is 16.8 Å². The van der Waals surface area contributed by atoms with E-state index in [1.54, 1.807) is 6.07 Å². The van der Waals surface area contributed by atoms with Crippen LogP contribution in [0, 0.1) is 10.1 Å². The summed E-state index contributed by atoms with van der Waals surface area (Å²) in [5, 5.41) is 11.5. The van der Waals surface area contributed by atoms with E-state index in [9.17, 15) is 10.1 Å². The first-order valence-corrected chi connectivity index (χ1v) is 7.48. The molecule has 2 heterocycles. The molecule has 1 aliphatic heterocycles. The molecule has 2 aromatic rings. The quantitative estimate of drug-likeness (QED) is 0.657. The molecule has 0 aliphatic carbocycles. The molecule has 120 valence electrons. The van der Waals surface area contributed by atoms with Crippen molar-refractivity contribution >= 4 is 23.1 Å². The number of nitrogen functional groups attached to an aromatic ring is 2. The predicted octanol–water partition coefficient (Wildman–Crippen LogP) is 2.21. The van der Waals surface area contributed by atoms with Crippen LogP contribution in [0.2, 0.25) is 0 Å². The third kappa shape index (κ3) is 3.01. The monoisotopic (exact) mass is 314 g/mol. The summed E-state index contributed by atoms with van der Waals surface area (Å²) in [5.41, 5.74) is 13.2. The normalized spacial score (nSPS) is 14.7. The van der Waals surface area contributed by atoms with Crippen molar-refractivity contribution in [2.45, 2.75) is 19.3 Å². The molecule has 0 saturated carbocycles. The topological polar surface area (TPSA) is 124 Å². The maximum atomic E-state index is 11.5. The second kappa shape index (κ2) is 6.07. The van der Waals surface area contributed by atoms with Crippen molar-refractivity contribution in [1.29, 1.82) is 0 Å². The number of benzene rings is 1. The average Bonchev–Trinajstić information content (AvgIpc) is 2.55. The molecular weight excluding hydrogens is 296 g/mol. The zero-order chi connectivity index (χ0) is 16.4. The SMILES string of the molecule is Nc1ncc(-c2ccc(N3CCCCC3)c([N+](=O)[O-])c2)c(N)n1. The molecule has 0 atom stereocenters. The highest BCUT2D eigenvalue weighted by atomic mass is 16.6. The molecule has 3 rings (SSSR count). The first-order valence-electron chi connectivity index (χ1n) is 7.48. The van der Waals surface area contributed by atoms with Crippen LogP contribution in [-0.2, 0) is 0 Å². The molecule has 23 heavy (non-hydrogen) atoms. The fraction of sp³-hybridized carbons (Fsp3) is 0.333. The molecule has 1 aliphatic rings. The van der Waals surface area contributed by atoms with E-state index in [2.05, 4.69) is 14.9 Å².